The summed E-state index contributed by atoms with van der Waals surface area (Å²) in [6, 6.07) is 6.37. The molecule has 1 heterocycles. The van der Waals surface area contributed by atoms with Gasteiger partial charge in [-0.2, -0.15) is 0 Å². The van der Waals surface area contributed by atoms with Crippen molar-refractivity contribution in [2.75, 3.05) is 6.61 Å². The molecule has 1 aromatic heterocycles. The molecule has 2 rings (SSSR count). The molecule has 0 unspecified atom stereocenters. The summed E-state index contributed by atoms with van der Waals surface area (Å²) in [5, 5.41) is 2.51. The van der Waals surface area contributed by atoms with E-state index in [1.54, 1.807) is 25.1 Å². The molecule has 20 heavy (non-hydrogen) atoms. The van der Waals surface area contributed by atoms with Crippen LogP contribution in [0.5, 0.6) is 0 Å². The monoisotopic (exact) mass is 339 g/mol. The first kappa shape index (κ1) is 14.3. The fourth-order valence-electron chi connectivity index (χ4n) is 1.58. The van der Waals surface area contributed by atoms with E-state index in [4.69, 9.17) is 4.42 Å². The van der Waals surface area contributed by atoms with E-state index in [0.717, 1.165) is 4.47 Å². The van der Waals surface area contributed by atoms with Crippen LogP contribution in [0.15, 0.2) is 37.9 Å². The van der Waals surface area contributed by atoms with Crippen LogP contribution in [0, 0.1) is 0 Å². The molecule has 0 aliphatic heterocycles. The summed E-state index contributed by atoms with van der Waals surface area (Å²) in [4.78, 5) is 34.7. The van der Waals surface area contributed by atoms with Crippen molar-refractivity contribution in [1.82, 2.24) is 5.32 Å². The second-order valence-electron chi connectivity index (χ2n) is 3.80. The molecule has 104 valence electrons. The zero-order valence-corrected chi connectivity index (χ0v) is 12.0. The second kappa shape index (κ2) is 5.87. The van der Waals surface area contributed by atoms with Crippen LogP contribution < -0.4 is 10.9 Å². The summed E-state index contributed by atoms with van der Waals surface area (Å²) in [5.74, 6) is -0.862. The van der Waals surface area contributed by atoms with Gasteiger partial charge in [0.1, 0.15) is 11.1 Å². The number of rotatable bonds is 2. The molecule has 2 aromatic rings. The normalized spacial score (nSPS) is 10.3. The van der Waals surface area contributed by atoms with Crippen molar-refractivity contribution in [2.45, 2.75) is 6.92 Å². The van der Waals surface area contributed by atoms with Gasteiger partial charge in [0.2, 0.25) is 0 Å². The molecule has 0 fully saturated rings. The van der Waals surface area contributed by atoms with Gasteiger partial charge in [-0.15, -0.1) is 0 Å². The third-order valence-electron chi connectivity index (χ3n) is 2.43. The Kier molecular flexibility index (Phi) is 4.19. The van der Waals surface area contributed by atoms with E-state index in [0.29, 0.717) is 11.0 Å². The lowest BCUT2D eigenvalue weighted by atomic mass is 10.2. The Morgan fingerprint density at radius 2 is 2.10 bits per heavy atom. The molecule has 1 aromatic carbocycles. The number of hydrogen-bond acceptors (Lipinski definition) is 5. The van der Waals surface area contributed by atoms with Gasteiger partial charge in [0, 0.05) is 9.86 Å². The molecule has 0 bridgehead atoms. The van der Waals surface area contributed by atoms with Gasteiger partial charge in [-0.1, -0.05) is 15.9 Å². The highest BCUT2D eigenvalue weighted by Crippen LogP contribution is 2.19. The Labute approximate surface area is 121 Å². The number of halogens is 1. The van der Waals surface area contributed by atoms with Crippen LogP contribution in [0.4, 0.5) is 4.79 Å². The summed E-state index contributed by atoms with van der Waals surface area (Å²) in [6.07, 6.45) is -0.911. The molecule has 0 radical (unpaired) electrons. The van der Waals surface area contributed by atoms with Gasteiger partial charge in [-0.05, 0) is 31.2 Å². The van der Waals surface area contributed by atoms with Gasteiger partial charge in [-0.25, -0.2) is 9.59 Å². The topological polar surface area (TPSA) is 85.6 Å². The highest BCUT2D eigenvalue weighted by molar-refractivity contribution is 9.10. The molecule has 2 amide bonds. The standard InChI is InChI=1S/C13H10BrNO5/c1-2-19-13(18)15-11(16)9-6-7-5-8(14)3-4-10(7)20-12(9)17/h3-6H,2H2,1H3,(H,15,16,18). The Hall–Kier alpha value is -2.15. The van der Waals surface area contributed by atoms with Crippen LogP contribution in [0.1, 0.15) is 17.3 Å². The van der Waals surface area contributed by atoms with Crippen LogP contribution in [-0.2, 0) is 4.74 Å². The number of benzene rings is 1. The Morgan fingerprint density at radius 3 is 2.80 bits per heavy atom. The lowest BCUT2D eigenvalue weighted by Crippen LogP contribution is -2.33. The van der Waals surface area contributed by atoms with Crippen molar-refractivity contribution in [3.05, 3.63) is 44.7 Å². The van der Waals surface area contributed by atoms with Crippen molar-refractivity contribution >= 4 is 38.9 Å². The minimum atomic E-state index is -0.911. The molecule has 7 heteroatoms. The molecule has 0 spiro atoms. The minimum Gasteiger partial charge on any atom is -0.450 e. The number of ether oxygens (including phenoxy) is 1. The van der Waals surface area contributed by atoms with Gasteiger partial charge in [-0.3, -0.25) is 10.1 Å². The number of amides is 2. The van der Waals surface area contributed by atoms with Crippen LogP contribution in [-0.4, -0.2) is 18.6 Å². The number of alkyl carbamates (subject to hydrolysis) is 1. The highest BCUT2D eigenvalue weighted by Gasteiger charge is 2.16. The van der Waals surface area contributed by atoms with Crippen molar-refractivity contribution in [3.8, 4) is 0 Å². The van der Waals surface area contributed by atoms with E-state index in [1.807, 2.05) is 5.32 Å². The Morgan fingerprint density at radius 1 is 1.35 bits per heavy atom. The van der Waals surface area contributed by atoms with E-state index in [-0.39, 0.29) is 12.2 Å². The number of carbonyl (C=O) groups excluding carboxylic acids is 2. The van der Waals surface area contributed by atoms with E-state index in [1.165, 1.54) is 6.07 Å². The molecule has 1 N–H and O–H groups in total. The van der Waals surface area contributed by atoms with E-state index in [9.17, 15) is 14.4 Å². The first-order chi connectivity index (χ1) is 9.51. The van der Waals surface area contributed by atoms with Crippen molar-refractivity contribution in [1.29, 1.82) is 0 Å². The predicted octanol–water partition coefficient (Wildman–Crippen LogP) is 2.44. The lowest BCUT2D eigenvalue weighted by Gasteiger charge is -2.04. The van der Waals surface area contributed by atoms with Crippen molar-refractivity contribution in [2.24, 2.45) is 0 Å². The number of nitrogens with one attached hydrogen (secondary N) is 1. The van der Waals surface area contributed by atoms with Crippen LogP contribution in [0.25, 0.3) is 11.0 Å². The van der Waals surface area contributed by atoms with Crippen LogP contribution in [0.3, 0.4) is 0 Å². The molecule has 6 nitrogen and oxygen atoms in total. The average Bonchev–Trinajstić information content (AvgIpc) is 2.38. The molecular formula is C13H10BrNO5. The maximum atomic E-state index is 11.8. The van der Waals surface area contributed by atoms with Gasteiger partial charge in [0.15, 0.2) is 0 Å². The average molecular weight is 340 g/mol. The SMILES string of the molecule is CCOC(=O)NC(=O)c1cc2cc(Br)ccc2oc1=O. The van der Waals surface area contributed by atoms with Gasteiger partial charge >= 0.3 is 11.7 Å². The van der Waals surface area contributed by atoms with Crippen LogP contribution in [0.2, 0.25) is 0 Å². The Bertz CT molecular complexity index is 737. The third-order valence-corrected chi connectivity index (χ3v) is 2.92. The molecule has 0 aliphatic rings. The summed E-state index contributed by atoms with van der Waals surface area (Å²) in [7, 11) is 0. The van der Waals surface area contributed by atoms with Crippen molar-refractivity contribution < 1.29 is 18.7 Å². The second-order valence-corrected chi connectivity index (χ2v) is 4.72. The number of imide groups is 1. The number of carbonyl (C=O) groups is 2. The zero-order chi connectivity index (χ0) is 14.7. The largest absolute Gasteiger partial charge is 0.450 e. The predicted molar refractivity (Wildman–Crippen MR) is 74.7 cm³/mol. The quantitative estimate of drug-likeness (QED) is 0.849. The third kappa shape index (κ3) is 3.05. The minimum absolute atomic E-state index is 0.123. The van der Waals surface area contributed by atoms with E-state index < -0.39 is 17.6 Å². The maximum absolute atomic E-state index is 11.8. The molecule has 0 atom stereocenters. The maximum Gasteiger partial charge on any atom is 0.414 e. The van der Waals surface area contributed by atoms with E-state index in [2.05, 4.69) is 20.7 Å². The van der Waals surface area contributed by atoms with E-state index >= 15 is 0 Å². The fourth-order valence-corrected chi connectivity index (χ4v) is 1.96. The Balaban J connectivity index is 2.38. The zero-order valence-electron chi connectivity index (χ0n) is 10.4. The van der Waals surface area contributed by atoms with Gasteiger partial charge < -0.3 is 9.15 Å². The first-order valence-electron chi connectivity index (χ1n) is 5.72. The van der Waals surface area contributed by atoms with Crippen LogP contribution >= 0.6 is 15.9 Å². The van der Waals surface area contributed by atoms with Gasteiger partial charge in [0.25, 0.3) is 5.91 Å². The number of fused-ring (bicyclic) bond motifs is 1. The molecule has 0 saturated carbocycles. The lowest BCUT2D eigenvalue weighted by molar-refractivity contribution is 0.0921. The first-order valence-corrected chi connectivity index (χ1v) is 6.52. The summed E-state index contributed by atoms with van der Waals surface area (Å²) < 4.78 is 10.4. The number of hydrogen-bond donors (Lipinski definition) is 1. The smallest absolute Gasteiger partial charge is 0.414 e. The van der Waals surface area contributed by atoms with Gasteiger partial charge in [0.05, 0.1) is 6.61 Å². The molecule has 0 aliphatic carbocycles. The highest BCUT2D eigenvalue weighted by atomic mass is 79.9. The van der Waals surface area contributed by atoms with Crippen molar-refractivity contribution in [3.63, 3.8) is 0 Å². The summed E-state index contributed by atoms with van der Waals surface area (Å²) in [6.45, 7) is 1.73. The fraction of sp³-hybridized carbons (Fsp3) is 0.154. The summed E-state index contributed by atoms with van der Waals surface area (Å²) >= 11 is 3.28. The molecular weight excluding hydrogens is 330 g/mol. The summed E-state index contributed by atoms with van der Waals surface area (Å²) in [5.41, 5.74) is -0.726. The molecule has 0 saturated heterocycles.